The minimum atomic E-state index is -0.300. The lowest BCUT2D eigenvalue weighted by atomic mass is 9.94. The number of nitrogens with zero attached hydrogens (tertiary/aromatic N) is 4. The zero-order chi connectivity index (χ0) is 27.1. The third kappa shape index (κ3) is 4.96. The Morgan fingerprint density at radius 3 is 2.54 bits per heavy atom. The molecule has 9 heteroatoms. The van der Waals surface area contributed by atoms with Gasteiger partial charge in [0.2, 0.25) is 5.91 Å². The van der Waals surface area contributed by atoms with Crippen molar-refractivity contribution in [1.82, 2.24) is 14.8 Å². The molecule has 2 fully saturated rings. The van der Waals surface area contributed by atoms with Crippen molar-refractivity contribution in [1.29, 1.82) is 0 Å². The Labute approximate surface area is 232 Å². The lowest BCUT2D eigenvalue weighted by molar-refractivity contribution is -0.147. The molecule has 0 aliphatic carbocycles. The Balaban J connectivity index is 1.20. The number of morpholine rings is 1. The molecule has 0 N–H and O–H groups in total. The first-order valence-electron chi connectivity index (χ1n) is 13.6. The zero-order valence-corrected chi connectivity index (χ0v) is 23.0. The van der Waals surface area contributed by atoms with Crippen LogP contribution in [0.1, 0.15) is 52.4 Å². The fourth-order valence-electron chi connectivity index (χ4n) is 6.00. The lowest BCUT2D eigenvalue weighted by Gasteiger charge is -2.40. The number of ether oxygens (including phenoxy) is 1. The molecule has 0 radical (unpaired) electrons. The van der Waals surface area contributed by atoms with E-state index in [1.165, 1.54) is 16.2 Å². The number of fused-ring (bicyclic) bond motifs is 1. The Kier molecular flexibility index (Phi) is 6.95. The van der Waals surface area contributed by atoms with E-state index in [0.29, 0.717) is 35.8 Å². The van der Waals surface area contributed by atoms with Gasteiger partial charge in [0.05, 0.1) is 47.2 Å². The van der Waals surface area contributed by atoms with E-state index in [2.05, 4.69) is 9.88 Å². The maximum absolute atomic E-state index is 13.7. The second-order valence-corrected chi connectivity index (χ2v) is 11.6. The Morgan fingerprint density at radius 1 is 1.00 bits per heavy atom. The molecule has 3 aliphatic heterocycles. The van der Waals surface area contributed by atoms with Gasteiger partial charge in [-0.1, -0.05) is 36.4 Å². The number of imide groups is 1. The maximum Gasteiger partial charge on any atom is 0.264 e. The summed E-state index contributed by atoms with van der Waals surface area (Å²) in [4.78, 5) is 50.5. The fourth-order valence-corrected chi connectivity index (χ4v) is 6.79. The average molecular weight is 545 g/mol. The van der Waals surface area contributed by atoms with Gasteiger partial charge in [0, 0.05) is 37.1 Å². The predicted molar refractivity (Wildman–Crippen MR) is 150 cm³/mol. The van der Waals surface area contributed by atoms with Gasteiger partial charge in [-0.2, -0.15) is 0 Å². The van der Waals surface area contributed by atoms with Crippen molar-refractivity contribution in [2.75, 3.05) is 31.1 Å². The second-order valence-electron chi connectivity index (χ2n) is 10.7. The molecule has 2 saturated heterocycles. The first kappa shape index (κ1) is 25.7. The van der Waals surface area contributed by atoms with Crippen molar-refractivity contribution in [3.8, 4) is 11.3 Å². The van der Waals surface area contributed by atoms with Crippen molar-refractivity contribution < 1.29 is 19.1 Å². The SMILES string of the molecule is C[C@@H]1CN(C(=O)[C@@H]2CCCN(c3cccc4c3C(=O)N(Cc3nc(-c5ccccc5)cs3)C4=O)C2)C[C@H](C)O1. The van der Waals surface area contributed by atoms with Gasteiger partial charge in [-0.15, -0.1) is 11.3 Å². The summed E-state index contributed by atoms with van der Waals surface area (Å²) in [5.74, 6) is -0.598. The molecule has 3 aromatic rings. The molecule has 0 saturated carbocycles. The van der Waals surface area contributed by atoms with E-state index in [0.717, 1.165) is 36.3 Å². The summed E-state index contributed by atoms with van der Waals surface area (Å²) < 4.78 is 5.81. The molecule has 4 heterocycles. The number of aromatic nitrogens is 1. The summed E-state index contributed by atoms with van der Waals surface area (Å²) in [7, 11) is 0. The maximum atomic E-state index is 13.7. The van der Waals surface area contributed by atoms with Gasteiger partial charge in [-0.05, 0) is 38.8 Å². The van der Waals surface area contributed by atoms with Crippen LogP contribution in [0.25, 0.3) is 11.3 Å². The Hall–Kier alpha value is -3.56. The van der Waals surface area contributed by atoms with Crippen LogP contribution >= 0.6 is 11.3 Å². The smallest absolute Gasteiger partial charge is 0.264 e. The van der Waals surface area contributed by atoms with Crippen molar-refractivity contribution in [3.05, 3.63) is 70.0 Å². The monoisotopic (exact) mass is 544 g/mol. The van der Waals surface area contributed by atoms with Crippen LogP contribution in [0.4, 0.5) is 5.69 Å². The molecule has 3 amide bonds. The van der Waals surface area contributed by atoms with Crippen LogP contribution < -0.4 is 4.90 Å². The van der Waals surface area contributed by atoms with Gasteiger partial charge >= 0.3 is 0 Å². The van der Waals surface area contributed by atoms with Gasteiger partial charge in [0.1, 0.15) is 5.01 Å². The highest BCUT2D eigenvalue weighted by Crippen LogP contribution is 2.35. The van der Waals surface area contributed by atoms with Gasteiger partial charge in [0.25, 0.3) is 11.8 Å². The highest BCUT2D eigenvalue weighted by molar-refractivity contribution is 7.10. The van der Waals surface area contributed by atoms with Gasteiger partial charge in [-0.25, -0.2) is 4.98 Å². The summed E-state index contributed by atoms with van der Waals surface area (Å²) in [6, 6.07) is 15.3. The fraction of sp³-hybridized carbons (Fsp3) is 0.400. The molecular weight excluding hydrogens is 512 g/mol. The zero-order valence-electron chi connectivity index (χ0n) is 22.2. The van der Waals surface area contributed by atoms with E-state index in [9.17, 15) is 14.4 Å². The molecule has 2 aromatic carbocycles. The van der Waals surface area contributed by atoms with Crippen LogP contribution in [-0.2, 0) is 16.1 Å². The molecule has 202 valence electrons. The van der Waals surface area contributed by atoms with Crippen LogP contribution in [0, 0.1) is 5.92 Å². The lowest BCUT2D eigenvalue weighted by Crippen LogP contribution is -2.52. The second kappa shape index (κ2) is 10.5. The number of hydrogen-bond acceptors (Lipinski definition) is 7. The number of amides is 3. The first-order valence-corrected chi connectivity index (χ1v) is 14.4. The molecule has 39 heavy (non-hydrogen) atoms. The van der Waals surface area contributed by atoms with Crippen LogP contribution in [0.2, 0.25) is 0 Å². The first-order chi connectivity index (χ1) is 18.9. The van der Waals surface area contributed by atoms with Crippen molar-refractivity contribution in [2.24, 2.45) is 5.92 Å². The third-order valence-corrected chi connectivity index (χ3v) is 8.57. The van der Waals surface area contributed by atoms with Crippen molar-refractivity contribution in [2.45, 2.75) is 45.4 Å². The van der Waals surface area contributed by atoms with E-state index in [1.54, 1.807) is 6.07 Å². The summed E-state index contributed by atoms with van der Waals surface area (Å²) in [6.07, 6.45) is 1.71. The standard InChI is InChI=1S/C30H32N4O4S/c1-19-14-33(15-20(2)38-19)28(35)22-10-7-13-32(16-22)25-12-6-11-23-27(25)30(37)34(29(23)36)17-26-31-24(18-39-26)21-8-4-3-5-9-21/h3-6,8-9,11-12,18-20,22H,7,10,13-17H2,1-2H3/t19-,20+,22-/m1/s1. The number of hydrogen-bond donors (Lipinski definition) is 0. The number of benzene rings is 2. The number of carbonyl (C=O) groups excluding carboxylic acids is 3. The van der Waals surface area contributed by atoms with Crippen LogP contribution in [0.15, 0.2) is 53.9 Å². The van der Waals surface area contributed by atoms with E-state index in [-0.39, 0.29) is 42.4 Å². The number of thiazole rings is 1. The Morgan fingerprint density at radius 2 is 1.77 bits per heavy atom. The normalized spacial score (nSPS) is 23.3. The molecule has 6 rings (SSSR count). The van der Waals surface area contributed by atoms with Crippen LogP contribution in [0.5, 0.6) is 0 Å². The highest BCUT2D eigenvalue weighted by Gasteiger charge is 2.40. The molecule has 0 bridgehead atoms. The van der Waals surface area contributed by atoms with E-state index < -0.39 is 0 Å². The molecule has 0 unspecified atom stereocenters. The minimum absolute atomic E-state index is 0.0195. The van der Waals surface area contributed by atoms with Gasteiger partial charge < -0.3 is 14.5 Å². The van der Waals surface area contributed by atoms with Crippen LogP contribution in [-0.4, -0.2) is 70.9 Å². The molecular formula is C30H32N4O4S. The minimum Gasteiger partial charge on any atom is -0.372 e. The molecule has 1 aromatic heterocycles. The summed E-state index contributed by atoms with van der Waals surface area (Å²) in [5.41, 5.74) is 3.42. The quantitative estimate of drug-likeness (QED) is 0.441. The largest absolute Gasteiger partial charge is 0.372 e. The van der Waals surface area contributed by atoms with E-state index in [4.69, 9.17) is 4.74 Å². The van der Waals surface area contributed by atoms with Gasteiger partial charge in [-0.3, -0.25) is 19.3 Å². The molecule has 3 atom stereocenters. The highest BCUT2D eigenvalue weighted by atomic mass is 32.1. The van der Waals surface area contributed by atoms with E-state index in [1.807, 2.05) is 66.6 Å². The van der Waals surface area contributed by atoms with Crippen molar-refractivity contribution in [3.63, 3.8) is 0 Å². The van der Waals surface area contributed by atoms with Crippen LogP contribution in [0.3, 0.4) is 0 Å². The number of anilines is 1. The predicted octanol–water partition coefficient (Wildman–Crippen LogP) is 4.46. The van der Waals surface area contributed by atoms with Crippen molar-refractivity contribution >= 4 is 34.7 Å². The summed E-state index contributed by atoms with van der Waals surface area (Å²) >= 11 is 1.44. The topological polar surface area (TPSA) is 83.1 Å². The molecule has 8 nitrogen and oxygen atoms in total. The summed E-state index contributed by atoms with van der Waals surface area (Å²) in [5, 5.41) is 2.66. The third-order valence-electron chi connectivity index (χ3n) is 7.73. The number of carbonyl (C=O) groups is 3. The summed E-state index contributed by atoms with van der Waals surface area (Å²) in [6.45, 7) is 6.61. The van der Waals surface area contributed by atoms with E-state index >= 15 is 0 Å². The number of rotatable bonds is 5. The Bertz CT molecular complexity index is 1400. The average Bonchev–Trinajstić information content (AvgIpc) is 3.52. The number of piperidine rings is 1. The molecule has 3 aliphatic rings. The van der Waals surface area contributed by atoms with Gasteiger partial charge in [0.15, 0.2) is 0 Å². The molecule has 0 spiro atoms.